The van der Waals surface area contributed by atoms with Crippen LogP contribution in [-0.4, -0.2) is 49.8 Å². The Morgan fingerprint density at radius 3 is 2.79 bits per heavy atom. The summed E-state index contributed by atoms with van der Waals surface area (Å²) in [6.45, 7) is 0.254. The van der Waals surface area contributed by atoms with Crippen LogP contribution in [-0.2, 0) is 22.5 Å². The van der Waals surface area contributed by atoms with Gasteiger partial charge in [0, 0.05) is 31.1 Å². The number of thiophene rings is 1. The fourth-order valence-electron chi connectivity index (χ4n) is 3.33. The number of alkyl halides is 2. The highest BCUT2D eigenvalue weighted by molar-refractivity contribution is 7.09. The molecule has 5 nitrogen and oxygen atoms in total. The van der Waals surface area contributed by atoms with Gasteiger partial charge in [-0.05, 0) is 48.4 Å². The standard InChI is InChI=1S/C21H26F2N2O3S/c22-21(23)28-17-7-5-16(6-8-17)9-10-24-20(26)15-25(13-18-3-1-11-27-18)14-19-4-2-12-29-19/h2,4-8,12,18,21H,1,3,9-11,13-15H2,(H,24,26)/t18-/m0/s1. The van der Waals surface area contributed by atoms with Crippen LogP contribution in [0.2, 0.25) is 0 Å². The Hall–Kier alpha value is -2.03. The molecule has 0 bridgehead atoms. The number of rotatable bonds is 11. The van der Waals surface area contributed by atoms with Gasteiger partial charge in [-0.25, -0.2) is 0 Å². The van der Waals surface area contributed by atoms with Crippen molar-refractivity contribution in [3.05, 3.63) is 52.2 Å². The largest absolute Gasteiger partial charge is 0.435 e. The second kappa shape index (κ2) is 11.2. The molecule has 0 saturated carbocycles. The molecule has 1 saturated heterocycles. The minimum Gasteiger partial charge on any atom is -0.435 e. The lowest BCUT2D eigenvalue weighted by Gasteiger charge is -2.24. The molecule has 2 aromatic rings. The third-order valence-corrected chi connectivity index (χ3v) is 5.56. The molecule has 1 atom stereocenters. The van der Waals surface area contributed by atoms with Crippen molar-refractivity contribution < 1.29 is 23.0 Å². The van der Waals surface area contributed by atoms with Gasteiger partial charge < -0.3 is 14.8 Å². The number of halogens is 2. The molecule has 2 heterocycles. The highest BCUT2D eigenvalue weighted by Crippen LogP contribution is 2.17. The van der Waals surface area contributed by atoms with Gasteiger partial charge in [-0.3, -0.25) is 9.69 Å². The highest BCUT2D eigenvalue weighted by Gasteiger charge is 2.21. The Kier molecular flexibility index (Phi) is 8.39. The fraction of sp³-hybridized carbons (Fsp3) is 0.476. The van der Waals surface area contributed by atoms with Crippen molar-refractivity contribution in [3.63, 3.8) is 0 Å². The van der Waals surface area contributed by atoms with Gasteiger partial charge in [0.2, 0.25) is 5.91 Å². The van der Waals surface area contributed by atoms with Crippen LogP contribution in [0.15, 0.2) is 41.8 Å². The number of carbonyl (C=O) groups excluding carboxylic acids is 1. The minimum absolute atomic E-state index is 0.0304. The number of hydrogen-bond acceptors (Lipinski definition) is 5. The highest BCUT2D eigenvalue weighted by atomic mass is 32.1. The van der Waals surface area contributed by atoms with Crippen LogP contribution < -0.4 is 10.1 Å². The molecule has 8 heteroatoms. The van der Waals surface area contributed by atoms with Crippen LogP contribution >= 0.6 is 11.3 Å². The van der Waals surface area contributed by atoms with E-state index in [1.807, 2.05) is 11.4 Å². The zero-order valence-corrected chi connectivity index (χ0v) is 17.0. The summed E-state index contributed by atoms with van der Waals surface area (Å²) in [4.78, 5) is 15.8. The zero-order valence-electron chi connectivity index (χ0n) is 16.2. The van der Waals surface area contributed by atoms with Gasteiger partial charge in [-0.1, -0.05) is 18.2 Å². The predicted octanol–water partition coefficient (Wildman–Crippen LogP) is 3.69. The summed E-state index contributed by atoms with van der Waals surface area (Å²) in [6, 6.07) is 10.6. The van der Waals surface area contributed by atoms with E-state index in [9.17, 15) is 13.6 Å². The van der Waals surface area contributed by atoms with Crippen molar-refractivity contribution in [1.82, 2.24) is 10.2 Å². The maximum atomic E-state index is 12.4. The summed E-state index contributed by atoms with van der Waals surface area (Å²) in [5.41, 5.74) is 0.946. The molecule has 1 fully saturated rings. The quantitative estimate of drug-likeness (QED) is 0.598. The van der Waals surface area contributed by atoms with Crippen molar-refractivity contribution in [3.8, 4) is 5.75 Å². The summed E-state index contributed by atoms with van der Waals surface area (Å²) >= 11 is 1.68. The molecule has 0 aliphatic carbocycles. The number of carbonyl (C=O) groups is 1. The van der Waals surface area contributed by atoms with E-state index in [0.717, 1.165) is 38.1 Å². The Bertz CT molecular complexity index is 735. The first-order valence-corrected chi connectivity index (χ1v) is 10.6. The lowest BCUT2D eigenvalue weighted by Crippen LogP contribution is -2.40. The second-order valence-electron chi connectivity index (χ2n) is 7.01. The molecular formula is C21H26F2N2O3S. The van der Waals surface area contributed by atoms with E-state index in [4.69, 9.17) is 4.74 Å². The third-order valence-electron chi connectivity index (χ3n) is 4.70. The molecule has 158 valence electrons. The molecule has 29 heavy (non-hydrogen) atoms. The van der Waals surface area contributed by atoms with Crippen molar-refractivity contribution in [2.75, 3.05) is 26.2 Å². The van der Waals surface area contributed by atoms with E-state index < -0.39 is 6.61 Å². The predicted molar refractivity (Wildman–Crippen MR) is 108 cm³/mol. The molecule has 0 radical (unpaired) electrons. The van der Waals surface area contributed by atoms with Crippen molar-refractivity contribution >= 4 is 17.2 Å². The summed E-state index contributed by atoms with van der Waals surface area (Å²) < 4.78 is 34.4. The topological polar surface area (TPSA) is 50.8 Å². The van der Waals surface area contributed by atoms with E-state index in [2.05, 4.69) is 21.0 Å². The van der Waals surface area contributed by atoms with Crippen molar-refractivity contribution in [2.45, 2.75) is 38.5 Å². The fourth-order valence-corrected chi connectivity index (χ4v) is 4.07. The van der Waals surface area contributed by atoms with Crippen LogP contribution in [0.25, 0.3) is 0 Å². The Morgan fingerprint density at radius 2 is 2.14 bits per heavy atom. The third kappa shape index (κ3) is 7.72. The number of nitrogens with one attached hydrogen (secondary N) is 1. The number of amides is 1. The molecule has 1 amide bonds. The van der Waals surface area contributed by atoms with E-state index >= 15 is 0 Å². The van der Waals surface area contributed by atoms with Crippen LogP contribution in [0, 0.1) is 0 Å². The van der Waals surface area contributed by atoms with Gasteiger partial charge in [0.1, 0.15) is 5.75 Å². The normalized spacial score (nSPS) is 16.5. The first-order valence-electron chi connectivity index (χ1n) is 9.75. The van der Waals surface area contributed by atoms with Gasteiger partial charge in [-0.2, -0.15) is 8.78 Å². The summed E-state index contributed by atoms with van der Waals surface area (Å²) in [6.07, 6.45) is 2.92. The molecule has 1 aliphatic rings. The number of benzene rings is 1. The summed E-state index contributed by atoms with van der Waals surface area (Å²) in [5.74, 6) is 0.100. The molecule has 1 N–H and O–H groups in total. The first-order chi connectivity index (χ1) is 14.1. The van der Waals surface area contributed by atoms with E-state index in [1.165, 1.54) is 17.0 Å². The maximum absolute atomic E-state index is 12.4. The average Bonchev–Trinajstić information content (AvgIpc) is 3.37. The van der Waals surface area contributed by atoms with Crippen molar-refractivity contribution in [1.29, 1.82) is 0 Å². The summed E-state index contributed by atoms with van der Waals surface area (Å²) in [5, 5.41) is 4.98. The van der Waals surface area contributed by atoms with Gasteiger partial charge in [0.05, 0.1) is 12.6 Å². The molecular weight excluding hydrogens is 398 g/mol. The van der Waals surface area contributed by atoms with Gasteiger partial charge in [0.25, 0.3) is 0 Å². The monoisotopic (exact) mass is 424 g/mol. The van der Waals surface area contributed by atoms with E-state index in [1.54, 1.807) is 23.5 Å². The smallest absolute Gasteiger partial charge is 0.387 e. The van der Waals surface area contributed by atoms with Gasteiger partial charge in [-0.15, -0.1) is 11.3 Å². The number of nitrogens with zero attached hydrogens (tertiary/aromatic N) is 1. The van der Waals surface area contributed by atoms with Gasteiger partial charge >= 0.3 is 6.61 Å². The van der Waals surface area contributed by atoms with Crippen molar-refractivity contribution in [2.24, 2.45) is 0 Å². The number of hydrogen-bond donors (Lipinski definition) is 1. The lowest BCUT2D eigenvalue weighted by molar-refractivity contribution is -0.122. The molecule has 1 aromatic carbocycles. The SMILES string of the molecule is O=C(CN(Cc1cccs1)C[C@@H]1CCCO1)NCCc1ccc(OC(F)F)cc1. The van der Waals surface area contributed by atoms with Crippen LogP contribution in [0.1, 0.15) is 23.3 Å². The van der Waals surface area contributed by atoms with Crippen LogP contribution in [0.3, 0.4) is 0 Å². The van der Waals surface area contributed by atoms with E-state index in [-0.39, 0.29) is 17.8 Å². The molecule has 1 aromatic heterocycles. The first kappa shape index (κ1) is 21.7. The Morgan fingerprint density at radius 1 is 1.31 bits per heavy atom. The van der Waals surface area contributed by atoms with Crippen LogP contribution in [0.4, 0.5) is 8.78 Å². The minimum atomic E-state index is -2.83. The van der Waals surface area contributed by atoms with Crippen LogP contribution in [0.5, 0.6) is 5.75 Å². The molecule has 0 unspecified atom stereocenters. The second-order valence-corrected chi connectivity index (χ2v) is 8.04. The summed E-state index contributed by atoms with van der Waals surface area (Å²) in [7, 11) is 0. The van der Waals surface area contributed by atoms with E-state index in [0.29, 0.717) is 19.5 Å². The Labute approximate surface area is 173 Å². The molecule has 1 aliphatic heterocycles. The lowest BCUT2D eigenvalue weighted by atomic mass is 10.1. The molecule has 3 rings (SSSR count). The van der Waals surface area contributed by atoms with Gasteiger partial charge in [0.15, 0.2) is 0 Å². The average molecular weight is 425 g/mol. The molecule has 0 spiro atoms. The number of ether oxygens (including phenoxy) is 2. The maximum Gasteiger partial charge on any atom is 0.387 e. The zero-order chi connectivity index (χ0) is 20.5. The Balaban J connectivity index is 1.43.